The molecular formula is C22H19FN4S. The van der Waals surface area contributed by atoms with Crippen LogP contribution in [0.1, 0.15) is 23.3 Å². The van der Waals surface area contributed by atoms with Crippen molar-refractivity contribution in [2.45, 2.75) is 23.9 Å². The van der Waals surface area contributed by atoms with E-state index in [0.717, 1.165) is 16.3 Å². The van der Waals surface area contributed by atoms with E-state index < -0.39 is 0 Å². The third kappa shape index (κ3) is 3.97. The average Bonchev–Trinajstić information content (AvgIpc) is 3.11. The Hall–Kier alpha value is -2.99. The van der Waals surface area contributed by atoms with Gasteiger partial charge in [0, 0.05) is 17.6 Å². The second-order valence-corrected chi connectivity index (χ2v) is 7.71. The first-order chi connectivity index (χ1) is 13.7. The molecule has 0 radical (unpaired) electrons. The Bertz CT molecular complexity index is 1050. The maximum atomic E-state index is 14.4. The molecule has 4 rings (SSSR count). The third-order valence-corrected chi connectivity index (χ3v) is 5.61. The van der Waals surface area contributed by atoms with Gasteiger partial charge in [0.2, 0.25) is 0 Å². The highest BCUT2D eigenvalue weighted by molar-refractivity contribution is 7.99. The summed E-state index contributed by atoms with van der Waals surface area (Å²) in [6.07, 6.45) is 3.57. The summed E-state index contributed by atoms with van der Waals surface area (Å²) in [6.45, 7) is 2.69. The Morgan fingerprint density at radius 2 is 1.64 bits per heavy atom. The van der Waals surface area contributed by atoms with Crippen molar-refractivity contribution < 1.29 is 4.39 Å². The van der Waals surface area contributed by atoms with E-state index in [0.29, 0.717) is 17.9 Å². The van der Waals surface area contributed by atoms with Gasteiger partial charge in [0.1, 0.15) is 5.82 Å². The van der Waals surface area contributed by atoms with E-state index in [9.17, 15) is 4.39 Å². The molecule has 0 saturated heterocycles. The number of thioether (sulfide) groups is 1. The number of benzene rings is 2. The summed E-state index contributed by atoms with van der Waals surface area (Å²) >= 11 is 1.60. The molecule has 2 aromatic carbocycles. The summed E-state index contributed by atoms with van der Waals surface area (Å²) in [5, 5.41) is 9.64. The van der Waals surface area contributed by atoms with E-state index in [-0.39, 0.29) is 11.1 Å². The lowest BCUT2D eigenvalue weighted by Gasteiger charge is -2.14. The van der Waals surface area contributed by atoms with Gasteiger partial charge in [-0.3, -0.25) is 9.55 Å². The van der Waals surface area contributed by atoms with Crippen LogP contribution in [0.2, 0.25) is 0 Å². The lowest BCUT2D eigenvalue weighted by molar-refractivity contribution is 0.626. The zero-order valence-corrected chi connectivity index (χ0v) is 16.2. The van der Waals surface area contributed by atoms with Crippen LogP contribution >= 0.6 is 11.8 Å². The Morgan fingerprint density at radius 3 is 2.39 bits per heavy atom. The number of halogens is 1. The minimum atomic E-state index is -0.303. The van der Waals surface area contributed by atoms with Crippen LogP contribution in [0.3, 0.4) is 0 Å². The number of hydrogen-bond acceptors (Lipinski definition) is 4. The van der Waals surface area contributed by atoms with Crippen molar-refractivity contribution in [3.63, 3.8) is 0 Å². The molecule has 4 aromatic rings. The summed E-state index contributed by atoms with van der Waals surface area (Å²) in [4.78, 5) is 4.08. The largest absolute Gasteiger partial charge is 0.297 e. The molecule has 28 heavy (non-hydrogen) atoms. The van der Waals surface area contributed by atoms with Crippen LogP contribution in [-0.4, -0.2) is 19.7 Å². The molecule has 0 amide bonds. The Labute approximate surface area is 167 Å². The van der Waals surface area contributed by atoms with Gasteiger partial charge in [-0.25, -0.2) is 4.39 Å². The third-order valence-electron chi connectivity index (χ3n) is 4.47. The smallest absolute Gasteiger partial charge is 0.192 e. The first-order valence-electron chi connectivity index (χ1n) is 9.01. The monoisotopic (exact) mass is 390 g/mol. The summed E-state index contributed by atoms with van der Waals surface area (Å²) in [5.41, 5.74) is 2.72. The van der Waals surface area contributed by atoms with Crippen molar-refractivity contribution in [2.75, 3.05) is 0 Å². The van der Waals surface area contributed by atoms with Gasteiger partial charge in [0.25, 0.3) is 0 Å². The van der Waals surface area contributed by atoms with E-state index in [2.05, 4.69) is 22.1 Å². The summed E-state index contributed by atoms with van der Waals surface area (Å²) in [6, 6.07) is 20.7. The molecule has 0 spiro atoms. The minimum Gasteiger partial charge on any atom is -0.297 e. The normalized spacial score (nSPS) is 12.1. The molecule has 0 aliphatic rings. The van der Waals surface area contributed by atoms with E-state index >= 15 is 0 Å². The number of pyridine rings is 1. The molecular weight excluding hydrogens is 371 g/mol. The molecule has 4 nitrogen and oxygen atoms in total. The number of hydrogen-bond donors (Lipinski definition) is 0. The highest BCUT2D eigenvalue weighted by atomic mass is 32.2. The lowest BCUT2D eigenvalue weighted by Crippen LogP contribution is -2.05. The zero-order chi connectivity index (χ0) is 19.3. The molecule has 0 aliphatic heterocycles. The second kappa shape index (κ2) is 8.35. The first-order valence-corrected chi connectivity index (χ1v) is 9.89. The van der Waals surface area contributed by atoms with Gasteiger partial charge in [-0.1, -0.05) is 54.2 Å². The van der Waals surface area contributed by atoms with Gasteiger partial charge in [-0.15, -0.1) is 10.2 Å². The Balaban J connectivity index is 1.73. The fourth-order valence-electron chi connectivity index (χ4n) is 2.99. The van der Waals surface area contributed by atoms with E-state index in [1.807, 2.05) is 53.1 Å². The summed E-state index contributed by atoms with van der Waals surface area (Å²) in [7, 11) is 0. The Morgan fingerprint density at radius 1 is 0.929 bits per heavy atom. The van der Waals surface area contributed by atoms with Crippen molar-refractivity contribution in [2.24, 2.45) is 0 Å². The van der Waals surface area contributed by atoms with Crippen molar-refractivity contribution in [1.82, 2.24) is 19.7 Å². The summed E-state index contributed by atoms with van der Waals surface area (Å²) in [5.74, 6) is 0.231. The highest BCUT2D eigenvalue weighted by Gasteiger charge is 2.19. The molecule has 140 valence electrons. The van der Waals surface area contributed by atoms with Crippen LogP contribution < -0.4 is 0 Å². The maximum absolute atomic E-state index is 14.4. The fourth-order valence-corrected chi connectivity index (χ4v) is 3.96. The van der Waals surface area contributed by atoms with Gasteiger partial charge in [0.15, 0.2) is 11.0 Å². The van der Waals surface area contributed by atoms with Crippen LogP contribution in [0.25, 0.3) is 11.4 Å². The number of nitrogens with zero attached hydrogens (tertiary/aromatic N) is 4. The molecule has 0 N–H and O–H groups in total. The molecule has 0 bridgehead atoms. The standard InChI is InChI=1S/C22H19FN4S/c1-16(18-11-13-24-14-12-18)28-22-26-25-21(19-9-5-6-10-20(19)23)27(22)15-17-7-3-2-4-8-17/h2-14,16H,15H2,1H3. The van der Waals surface area contributed by atoms with E-state index in [4.69, 9.17) is 0 Å². The van der Waals surface area contributed by atoms with Crippen LogP contribution in [0.15, 0.2) is 84.3 Å². The Kier molecular flexibility index (Phi) is 5.48. The van der Waals surface area contributed by atoms with Crippen LogP contribution in [0.4, 0.5) is 4.39 Å². The van der Waals surface area contributed by atoms with Crippen LogP contribution in [0.5, 0.6) is 0 Å². The SMILES string of the molecule is CC(Sc1nnc(-c2ccccc2F)n1Cc1ccccc1)c1ccncc1. The highest BCUT2D eigenvalue weighted by Crippen LogP contribution is 2.35. The second-order valence-electron chi connectivity index (χ2n) is 6.40. The van der Waals surface area contributed by atoms with Gasteiger partial charge >= 0.3 is 0 Å². The molecule has 2 heterocycles. The van der Waals surface area contributed by atoms with E-state index in [1.54, 1.807) is 36.3 Å². The van der Waals surface area contributed by atoms with Gasteiger partial charge in [0.05, 0.1) is 12.1 Å². The van der Waals surface area contributed by atoms with Crippen molar-refractivity contribution in [3.8, 4) is 11.4 Å². The maximum Gasteiger partial charge on any atom is 0.192 e. The molecule has 1 unspecified atom stereocenters. The average molecular weight is 390 g/mol. The molecule has 0 aliphatic carbocycles. The predicted octanol–water partition coefficient (Wildman–Crippen LogP) is 5.38. The van der Waals surface area contributed by atoms with E-state index in [1.165, 1.54) is 6.07 Å². The quantitative estimate of drug-likeness (QED) is 0.415. The van der Waals surface area contributed by atoms with Gasteiger partial charge in [-0.05, 0) is 42.3 Å². The van der Waals surface area contributed by atoms with Crippen molar-refractivity contribution >= 4 is 11.8 Å². The summed E-state index contributed by atoms with van der Waals surface area (Å²) < 4.78 is 16.4. The van der Waals surface area contributed by atoms with Crippen LogP contribution in [0, 0.1) is 5.82 Å². The minimum absolute atomic E-state index is 0.162. The molecule has 0 fully saturated rings. The van der Waals surface area contributed by atoms with Crippen molar-refractivity contribution in [1.29, 1.82) is 0 Å². The molecule has 1 atom stereocenters. The topological polar surface area (TPSA) is 43.6 Å². The lowest BCUT2D eigenvalue weighted by atomic mass is 10.2. The number of aromatic nitrogens is 4. The van der Waals surface area contributed by atoms with Crippen molar-refractivity contribution in [3.05, 3.63) is 96.1 Å². The molecule has 6 heteroatoms. The van der Waals surface area contributed by atoms with Crippen LogP contribution in [-0.2, 0) is 6.54 Å². The molecule has 0 saturated carbocycles. The predicted molar refractivity (Wildman–Crippen MR) is 109 cm³/mol. The van der Waals surface area contributed by atoms with Gasteiger partial charge in [-0.2, -0.15) is 0 Å². The first kappa shape index (κ1) is 18.4. The van der Waals surface area contributed by atoms with Gasteiger partial charge < -0.3 is 0 Å². The fraction of sp³-hybridized carbons (Fsp3) is 0.136. The number of rotatable bonds is 6. The zero-order valence-electron chi connectivity index (χ0n) is 15.4. The molecule has 2 aromatic heterocycles.